The highest BCUT2D eigenvalue weighted by atomic mass is 16.3. The highest BCUT2D eigenvalue weighted by molar-refractivity contribution is 5.94. The van der Waals surface area contributed by atoms with Gasteiger partial charge in [-0.15, -0.1) is 0 Å². The average Bonchev–Trinajstić information content (AvgIpc) is 2.67. The van der Waals surface area contributed by atoms with Gasteiger partial charge in [0, 0.05) is 37.4 Å². The number of benzene rings is 2. The van der Waals surface area contributed by atoms with Crippen molar-refractivity contribution >= 4 is 16.7 Å². The number of hydrogen-bond donors (Lipinski definition) is 1. The summed E-state index contributed by atoms with van der Waals surface area (Å²) in [5.41, 5.74) is 3.71. The Hall–Kier alpha value is -3.47. The van der Waals surface area contributed by atoms with E-state index in [1.165, 1.54) is 0 Å². The predicted octanol–water partition coefficient (Wildman–Crippen LogP) is 4.13. The Balaban J connectivity index is 1.92. The molecule has 0 fully saturated rings. The van der Waals surface area contributed by atoms with Crippen molar-refractivity contribution in [2.45, 2.75) is 0 Å². The Morgan fingerprint density at radius 3 is 2.38 bits per heavy atom. The summed E-state index contributed by atoms with van der Waals surface area (Å²) in [5.74, 6) is 1.74. The standard InChI is InChI=1S/C21H18N4O/c1-25(2)21-18-12-15(14-5-3-7-17(26)11-14)8-9-19(18)23-20(24-21)16-6-4-10-22-13-16/h3-13,26H,1-2H3. The monoisotopic (exact) mass is 342 g/mol. The van der Waals surface area contributed by atoms with E-state index in [0.29, 0.717) is 5.82 Å². The molecule has 0 saturated heterocycles. The largest absolute Gasteiger partial charge is 0.508 e. The normalized spacial score (nSPS) is 10.8. The van der Waals surface area contributed by atoms with Crippen LogP contribution in [0.15, 0.2) is 67.0 Å². The molecule has 26 heavy (non-hydrogen) atoms. The minimum absolute atomic E-state index is 0.249. The van der Waals surface area contributed by atoms with Gasteiger partial charge in [0.1, 0.15) is 11.6 Å². The van der Waals surface area contributed by atoms with Gasteiger partial charge in [-0.25, -0.2) is 9.97 Å². The lowest BCUT2D eigenvalue weighted by molar-refractivity contribution is 0.475. The van der Waals surface area contributed by atoms with Crippen LogP contribution in [-0.2, 0) is 0 Å². The first kappa shape index (κ1) is 16.0. The number of phenols is 1. The molecule has 2 heterocycles. The van der Waals surface area contributed by atoms with Crippen molar-refractivity contribution in [3.63, 3.8) is 0 Å². The van der Waals surface area contributed by atoms with Crippen molar-refractivity contribution in [1.29, 1.82) is 0 Å². The highest BCUT2D eigenvalue weighted by Crippen LogP contribution is 2.31. The smallest absolute Gasteiger partial charge is 0.163 e. The first-order chi connectivity index (χ1) is 12.6. The van der Waals surface area contributed by atoms with Crippen LogP contribution in [0.2, 0.25) is 0 Å². The molecule has 1 N–H and O–H groups in total. The number of aromatic hydroxyl groups is 1. The van der Waals surface area contributed by atoms with E-state index >= 15 is 0 Å². The summed E-state index contributed by atoms with van der Waals surface area (Å²) in [4.78, 5) is 15.6. The fourth-order valence-electron chi connectivity index (χ4n) is 2.94. The predicted molar refractivity (Wildman–Crippen MR) is 104 cm³/mol. The zero-order valence-corrected chi connectivity index (χ0v) is 14.6. The van der Waals surface area contributed by atoms with Gasteiger partial charge in [0.2, 0.25) is 0 Å². The molecule has 0 radical (unpaired) electrons. The van der Waals surface area contributed by atoms with E-state index in [-0.39, 0.29) is 5.75 Å². The van der Waals surface area contributed by atoms with Crippen LogP contribution in [0.5, 0.6) is 5.75 Å². The summed E-state index contributed by atoms with van der Waals surface area (Å²) >= 11 is 0. The SMILES string of the molecule is CN(C)c1nc(-c2cccnc2)nc2ccc(-c3cccc(O)c3)cc12. The van der Waals surface area contributed by atoms with E-state index in [0.717, 1.165) is 33.4 Å². The zero-order chi connectivity index (χ0) is 18.1. The van der Waals surface area contributed by atoms with Crippen molar-refractivity contribution in [3.8, 4) is 28.3 Å². The molecule has 5 nitrogen and oxygen atoms in total. The molecule has 4 aromatic rings. The molecular weight excluding hydrogens is 324 g/mol. The van der Waals surface area contributed by atoms with Crippen LogP contribution in [0.3, 0.4) is 0 Å². The molecule has 5 heteroatoms. The molecule has 2 aromatic carbocycles. The Morgan fingerprint density at radius 1 is 0.846 bits per heavy atom. The third kappa shape index (κ3) is 2.95. The van der Waals surface area contributed by atoms with E-state index in [1.54, 1.807) is 24.5 Å². The van der Waals surface area contributed by atoms with Crippen LogP contribution in [-0.4, -0.2) is 34.2 Å². The van der Waals surface area contributed by atoms with Gasteiger partial charge in [-0.3, -0.25) is 4.98 Å². The molecule has 0 saturated carbocycles. The molecule has 2 aromatic heterocycles. The summed E-state index contributed by atoms with van der Waals surface area (Å²) < 4.78 is 0. The topological polar surface area (TPSA) is 62.1 Å². The number of aromatic nitrogens is 3. The minimum Gasteiger partial charge on any atom is -0.508 e. The molecule has 0 bridgehead atoms. The maximum absolute atomic E-state index is 9.75. The van der Waals surface area contributed by atoms with Gasteiger partial charge in [-0.1, -0.05) is 18.2 Å². The second kappa shape index (κ2) is 6.44. The summed E-state index contributed by atoms with van der Waals surface area (Å²) in [5, 5.41) is 10.7. The molecule has 0 aliphatic rings. The van der Waals surface area contributed by atoms with E-state index in [2.05, 4.69) is 11.1 Å². The molecule has 128 valence electrons. The molecule has 0 amide bonds. The van der Waals surface area contributed by atoms with Gasteiger partial charge in [-0.2, -0.15) is 0 Å². The van der Waals surface area contributed by atoms with Crippen LogP contribution in [0.1, 0.15) is 0 Å². The van der Waals surface area contributed by atoms with Crippen molar-refractivity contribution in [2.24, 2.45) is 0 Å². The van der Waals surface area contributed by atoms with E-state index in [1.807, 2.05) is 55.4 Å². The third-order valence-corrected chi connectivity index (χ3v) is 4.20. The van der Waals surface area contributed by atoms with Gasteiger partial charge in [-0.05, 0) is 47.5 Å². The van der Waals surface area contributed by atoms with E-state index in [4.69, 9.17) is 9.97 Å². The molecule has 0 aliphatic heterocycles. The summed E-state index contributed by atoms with van der Waals surface area (Å²) in [6.45, 7) is 0. The molecule has 0 aliphatic carbocycles. The summed E-state index contributed by atoms with van der Waals surface area (Å²) in [6, 6.07) is 17.1. The van der Waals surface area contributed by atoms with Crippen molar-refractivity contribution in [2.75, 3.05) is 19.0 Å². The first-order valence-corrected chi connectivity index (χ1v) is 8.31. The maximum atomic E-state index is 9.75. The number of rotatable bonds is 3. The van der Waals surface area contributed by atoms with Crippen LogP contribution in [0.25, 0.3) is 33.4 Å². The zero-order valence-electron chi connectivity index (χ0n) is 14.6. The molecule has 0 spiro atoms. The number of pyridine rings is 1. The Morgan fingerprint density at radius 2 is 1.65 bits per heavy atom. The fraction of sp³-hybridized carbons (Fsp3) is 0.0952. The van der Waals surface area contributed by atoms with Gasteiger partial charge in [0.25, 0.3) is 0 Å². The van der Waals surface area contributed by atoms with Gasteiger partial charge in [0.15, 0.2) is 5.82 Å². The third-order valence-electron chi connectivity index (χ3n) is 4.20. The van der Waals surface area contributed by atoms with Crippen molar-refractivity contribution in [1.82, 2.24) is 15.0 Å². The van der Waals surface area contributed by atoms with Crippen LogP contribution in [0, 0.1) is 0 Å². The number of phenolic OH excluding ortho intramolecular Hbond substituents is 1. The number of hydrogen-bond acceptors (Lipinski definition) is 5. The Kier molecular flexibility index (Phi) is 3.97. The van der Waals surface area contributed by atoms with E-state index in [9.17, 15) is 5.11 Å². The first-order valence-electron chi connectivity index (χ1n) is 8.31. The molecule has 0 atom stereocenters. The van der Waals surface area contributed by atoms with Crippen LogP contribution >= 0.6 is 0 Å². The number of nitrogens with zero attached hydrogens (tertiary/aromatic N) is 4. The Labute approximate surface area is 151 Å². The highest BCUT2D eigenvalue weighted by Gasteiger charge is 2.12. The molecular formula is C21H18N4O. The van der Waals surface area contributed by atoms with Crippen LogP contribution in [0.4, 0.5) is 5.82 Å². The van der Waals surface area contributed by atoms with Crippen molar-refractivity contribution < 1.29 is 5.11 Å². The maximum Gasteiger partial charge on any atom is 0.163 e. The van der Waals surface area contributed by atoms with Gasteiger partial charge >= 0.3 is 0 Å². The van der Waals surface area contributed by atoms with Crippen LogP contribution < -0.4 is 4.90 Å². The second-order valence-electron chi connectivity index (χ2n) is 6.29. The minimum atomic E-state index is 0.249. The lowest BCUT2D eigenvalue weighted by Gasteiger charge is -2.16. The number of anilines is 1. The van der Waals surface area contributed by atoms with Crippen molar-refractivity contribution in [3.05, 3.63) is 67.0 Å². The number of fused-ring (bicyclic) bond motifs is 1. The van der Waals surface area contributed by atoms with Gasteiger partial charge < -0.3 is 10.0 Å². The quantitative estimate of drug-likeness (QED) is 0.606. The second-order valence-corrected chi connectivity index (χ2v) is 6.29. The molecule has 0 unspecified atom stereocenters. The summed E-state index contributed by atoms with van der Waals surface area (Å²) in [7, 11) is 3.94. The average molecular weight is 342 g/mol. The Bertz CT molecular complexity index is 1080. The lowest BCUT2D eigenvalue weighted by atomic mass is 10.0. The van der Waals surface area contributed by atoms with E-state index < -0.39 is 0 Å². The fourth-order valence-corrected chi connectivity index (χ4v) is 2.94. The van der Waals surface area contributed by atoms with Gasteiger partial charge in [0.05, 0.1) is 5.52 Å². The summed E-state index contributed by atoms with van der Waals surface area (Å²) in [6.07, 6.45) is 3.50. The lowest BCUT2D eigenvalue weighted by Crippen LogP contribution is -2.12. The molecule has 4 rings (SSSR count).